The van der Waals surface area contributed by atoms with E-state index < -0.39 is 0 Å². The molecule has 0 saturated carbocycles. The molecule has 1 saturated heterocycles. The zero-order chi connectivity index (χ0) is 13.6. The van der Waals surface area contributed by atoms with Gasteiger partial charge in [0.1, 0.15) is 23.9 Å². The number of ether oxygens (including phenoxy) is 1. The third-order valence-corrected chi connectivity index (χ3v) is 6.19. The Morgan fingerprint density at radius 2 is 1.50 bits per heavy atom. The second-order valence-corrected chi connectivity index (χ2v) is 7.48. The van der Waals surface area contributed by atoms with Crippen LogP contribution in [0, 0.1) is 0 Å². The minimum absolute atomic E-state index is 0.488. The van der Waals surface area contributed by atoms with E-state index in [0.29, 0.717) is 17.5 Å². The van der Waals surface area contributed by atoms with Crippen molar-refractivity contribution < 1.29 is 4.74 Å². The highest BCUT2D eigenvalue weighted by Crippen LogP contribution is 2.24. The van der Waals surface area contributed by atoms with Crippen LogP contribution in [0.1, 0.15) is 24.8 Å². The van der Waals surface area contributed by atoms with Crippen LogP contribution in [0.3, 0.4) is 0 Å². The van der Waals surface area contributed by atoms with Gasteiger partial charge in [0, 0.05) is 10.9 Å². The summed E-state index contributed by atoms with van der Waals surface area (Å²) in [5.41, 5.74) is 1.21. The van der Waals surface area contributed by atoms with Crippen LogP contribution in [0.25, 0.3) is 0 Å². The number of rotatable bonds is 4. The standard InChI is InChI=1S/C18H21OS/c1-3-7-16(8-4-1)15-19-17-9-11-18(12-10-17)20-13-5-2-6-14-20/h1,3-4,7-12H,2,5-6,13-15H2/q+1. The van der Waals surface area contributed by atoms with Crippen LogP contribution in [0.15, 0.2) is 59.5 Å². The zero-order valence-corrected chi connectivity index (χ0v) is 12.6. The lowest BCUT2D eigenvalue weighted by atomic mass is 10.2. The van der Waals surface area contributed by atoms with Crippen LogP contribution >= 0.6 is 0 Å². The van der Waals surface area contributed by atoms with Crippen molar-refractivity contribution in [2.75, 3.05) is 11.5 Å². The first-order valence-corrected chi connectivity index (χ1v) is 8.92. The molecular formula is C18H21OS+. The molecule has 0 unspecified atom stereocenters. The maximum atomic E-state index is 5.84. The van der Waals surface area contributed by atoms with Gasteiger partial charge in [0.15, 0.2) is 4.90 Å². The molecule has 0 aliphatic carbocycles. The van der Waals surface area contributed by atoms with E-state index in [9.17, 15) is 0 Å². The molecule has 0 spiro atoms. The summed E-state index contributed by atoms with van der Waals surface area (Å²) in [6.45, 7) is 0.645. The maximum Gasteiger partial charge on any atom is 0.155 e. The minimum Gasteiger partial charge on any atom is -0.489 e. The fourth-order valence-electron chi connectivity index (χ4n) is 2.54. The van der Waals surface area contributed by atoms with Crippen LogP contribution in [0.4, 0.5) is 0 Å². The van der Waals surface area contributed by atoms with E-state index in [1.165, 1.54) is 41.2 Å². The summed E-state index contributed by atoms with van der Waals surface area (Å²) in [5, 5.41) is 0. The monoisotopic (exact) mass is 285 g/mol. The molecule has 0 N–H and O–H groups in total. The molecule has 0 amide bonds. The molecule has 1 nitrogen and oxygen atoms in total. The first-order valence-electron chi connectivity index (χ1n) is 7.36. The first-order chi connectivity index (χ1) is 9.92. The predicted molar refractivity (Wildman–Crippen MR) is 86.4 cm³/mol. The molecule has 3 rings (SSSR count). The molecule has 1 aliphatic rings. The third-order valence-electron chi connectivity index (χ3n) is 3.69. The first kappa shape index (κ1) is 13.6. The largest absolute Gasteiger partial charge is 0.489 e. The lowest BCUT2D eigenvalue weighted by molar-refractivity contribution is 0.306. The van der Waals surface area contributed by atoms with Crippen molar-refractivity contribution in [2.45, 2.75) is 30.8 Å². The maximum absolute atomic E-state index is 5.84. The van der Waals surface area contributed by atoms with Crippen LogP contribution < -0.4 is 4.74 Å². The molecule has 1 heterocycles. The van der Waals surface area contributed by atoms with Crippen molar-refractivity contribution in [1.82, 2.24) is 0 Å². The second-order valence-electron chi connectivity index (χ2n) is 5.21. The molecule has 0 atom stereocenters. The fourth-order valence-corrected chi connectivity index (χ4v) is 4.84. The Morgan fingerprint density at radius 3 is 2.20 bits per heavy atom. The van der Waals surface area contributed by atoms with E-state index in [2.05, 4.69) is 36.4 Å². The normalized spacial score (nSPS) is 16.0. The number of benzene rings is 2. The molecule has 0 aromatic heterocycles. The highest BCUT2D eigenvalue weighted by molar-refractivity contribution is 7.96. The van der Waals surface area contributed by atoms with Crippen LogP contribution in [0.2, 0.25) is 0 Å². The molecule has 0 radical (unpaired) electrons. The Kier molecular flexibility index (Phi) is 4.65. The summed E-state index contributed by atoms with van der Waals surface area (Å²) in [4.78, 5) is 1.51. The molecule has 1 aliphatic heterocycles. The van der Waals surface area contributed by atoms with Crippen LogP contribution in [0.5, 0.6) is 5.75 Å². The van der Waals surface area contributed by atoms with Gasteiger partial charge < -0.3 is 4.74 Å². The summed E-state index contributed by atoms with van der Waals surface area (Å²) in [5.74, 6) is 3.73. The highest BCUT2D eigenvalue weighted by Gasteiger charge is 2.24. The van der Waals surface area contributed by atoms with Gasteiger partial charge in [-0.2, -0.15) is 0 Å². The Morgan fingerprint density at radius 1 is 0.800 bits per heavy atom. The quantitative estimate of drug-likeness (QED) is 0.755. The second kappa shape index (κ2) is 6.85. The van der Waals surface area contributed by atoms with E-state index in [4.69, 9.17) is 4.74 Å². The molecule has 2 aromatic carbocycles. The lowest BCUT2D eigenvalue weighted by Gasteiger charge is -2.13. The van der Waals surface area contributed by atoms with Gasteiger partial charge in [0.25, 0.3) is 0 Å². The SMILES string of the molecule is c1ccc(COc2ccc([S+]3CCCCC3)cc2)cc1. The molecule has 2 aromatic rings. The summed E-state index contributed by atoms with van der Waals surface area (Å²) >= 11 is 0. The van der Waals surface area contributed by atoms with Crippen molar-refractivity contribution >= 4 is 10.9 Å². The average Bonchev–Trinajstić information content (AvgIpc) is 2.55. The Balaban J connectivity index is 1.58. The van der Waals surface area contributed by atoms with E-state index in [-0.39, 0.29) is 0 Å². The number of hydrogen-bond donors (Lipinski definition) is 0. The number of hydrogen-bond acceptors (Lipinski definition) is 1. The van der Waals surface area contributed by atoms with E-state index in [1.54, 1.807) is 0 Å². The van der Waals surface area contributed by atoms with E-state index in [1.807, 2.05) is 18.2 Å². The van der Waals surface area contributed by atoms with Crippen molar-refractivity contribution in [2.24, 2.45) is 0 Å². The molecule has 1 fully saturated rings. The highest BCUT2D eigenvalue weighted by atomic mass is 32.2. The average molecular weight is 285 g/mol. The molecule has 2 heteroatoms. The zero-order valence-electron chi connectivity index (χ0n) is 11.8. The lowest BCUT2D eigenvalue weighted by Crippen LogP contribution is -2.17. The van der Waals surface area contributed by atoms with Gasteiger partial charge in [0.05, 0.1) is 0 Å². The molecule has 20 heavy (non-hydrogen) atoms. The van der Waals surface area contributed by atoms with Gasteiger partial charge >= 0.3 is 0 Å². The van der Waals surface area contributed by atoms with Crippen molar-refractivity contribution in [3.63, 3.8) is 0 Å². The summed E-state index contributed by atoms with van der Waals surface area (Å²) in [6, 6.07) is 19.1. The van der Waals surface area contributed by atoms with Crippen molar-refractivity contribution in [1.29, 1.82) is 0 Å². The smallest absolute Gasteiger partial charge is 0.155 e. The van der Waals surface area contributed by atoms with E-state index in [0.717, 1.165) is 5.75 Å². The Bertz CT molecular complexity index is 515. The van der Waals surface area contributed by atoms with Crippen molar-refractivity contribution in [3.05, 3.63) is 60.2 Å². The predicted octanol–water partition coefficient (Wildman–Crippen LogP) is 4.43. The van der Waals surface area contributed by atoms with Gasteiger partial charge in [-0.25, -0.2) is 0 Å². The van der Waals surface area contributed by atoms with Gasteiger partial charge in [-0.05, 0) is 49.1 Å². The van der Waals surface area contributed by atoms with Crippen LogP contribution in [-0.4, -0.2) is 11.5 Å². The van der Waals surface area contributed by atoms with Gasteiger partial charge in [-0.15, -0.1) is 0 Å². The molecule has 0 bridgehead atoms. The Labute approximate surface area is 124 Å². The molecule has 104 valence electrons. The summed E-state index contributed by atoms with van der Waals surface area (Å²) in [7, 11) is 0.488. The van der Waals surface area contributed by atoms with Gasteiger partial charge in [-0.3, -0.25) is 0 Å². The van der Waals surface area contributed by atoms with E-state index >= 15 is 0 Å². The summed E-state index contributed by atoms with van der Waals surface area (Å²) in [6.07, 6.45) is 4.21. The minimum atomic E-state index is 0.488. The topological polar surface area (TPSA) is 9.23 Å². The van der Waals surface area contributed by atoms with Gasteiger partial charge in [-0.1, -0.05) is 30.3 Å². The fraction of sp³-hybridized carbons (Fsp3) is 0.333. The van der Waals surface area contributed by atoms with Crippen LogP contribution in [-0.2, 0) is 17.5 Å². The Hall–Kier alpha value is -1.41. The third kappa shape index (κ3) is 3.57. The summed E-state index contributed by atoms with van der Waals surface area (Å²) < 4.78 is 5.84. The van der Waals surface area contributed by atoms with Gasteiger partial charge in [0.2, 0.25) is 0 Å². The van der Waals surface area contributed by atoms with Crippen molar-refractivity contribution in [3.8, 4) is 5.75 Å². The molecular weight excluding hydrogens is 264 g/mol.